The lowest BCUT2D eigenvalue weighted by molar-refractivity contribution is -0.116. The molecule has 0 radical (unpaired) electrons. The van der Waals surface area contributed by atoms with Crippen LogP contribution < -0.4 is 10.1 Å². The van der Waals surface area contributed by atoms with Crippen LogP contribution in [0, 0.1) is 0 Å². The van der Waals surface area contributed by atoms with Crippen molar-refractivity contribution in [3.05, 3.63) is 97.1 Å². The largest absolute Gasteiger partial charge is 0.455 e. The Balaban J connectivity index is 1.48. The van der Waals surface area contributed by atoms with Gasteiger partial charge in [0.25, 0.3) is 0 Å². The zero-order chi connectivity index (χ0) is 22.6. The van der Waals surface area contributed by atoms with Gasteiger partial charge in [0, 0.05) is 7.05 Å². The summed E-state index contributed by atoms with van der Waals surface area (Å²) < 4.78 is 32.9. The molecule has 0 aliphatic heterocycles. The number of carbonyl (C=O) groups excluding carboxylic acids is 1. The normalized spacial score (nSPS) is 11.4. The first kappa shape index (κ1) is 21.5. The highest BCUT2D eigenvalue weighted by Gasteiger charge is 2.23. The molecule has 4 aromatic rings. The number of likely N-dealkylation sites (N-methyl/N-ethyl adjacent to an activating group) is 1. The molecule has 0 saturated carbocycles. The SMILES string of the molecule is CN(CC(=O)Nc1ccccc1Oc1ccccc1)S(=O)(=O)c1ccc2ccccc2c1. The highest BCUT2D eigenvalue weighted by atomic mass is 32.2. The number of hydrogen-bond acceptors (Lipinski definition) is 4. The summed E-state index contributed by atoms with van der Waals surface area (Å²) in [5, 5.41) is 4.51. The molecule has 0 saturated heterocycles. The number of nitrogens with zero attached hydrogens (tertiary/aromatic N) is 1. The molecule has 0 atom stereocenters. The van der Waals surface area contributed by atoms with Gasteiger partial charge in [0.2, 0.25) is 15.9 Å². The van der Waals surface area contributed by atoms with Crippen LogP contribution in [0.1, 0.15) is 0 Å². The number of rotatable bonds is 7. The van der Waals surface area contributed by atoms with Gasteiger partial charge in [-0.3, -0.25) is 4.79 Å². The van der Waals surface area contributed by atoms with Crippen molar-refractivity contribution in [1.82, 2.24) is 4.31 Å². The van der Waals surface area contributed by atoms with E-state index < -0.39 is 15.9 Å². The van der Waals surface area contributed by atoms with E-state index in [1.54, 1.807) is 42.5 Å². The lowest BCUT2D eigenvalue weighted by Crippen LogP contribution is -2.35. The van der Waals surface area contributed by atoms with Crippen molar-refractivity contribution in [2.24, 2.45) is 0 Å². The van der Waals surface area contributed by atoms with Crippen molar-refractivity contribution in [3.63, 3.8) is 0 Å². The first-order chi connectivity index (χ1) is 15.4. The van der Waals surface area contributed by atoms with E-state index >= 15 is 0 Å². The number of benzene rings is 4. The van der Waals surface area contributed by atoms with Crippen LogP contribution in [0.4, 0.5) is 5.69 Å². The first-order valence-electron chi connectivity index (χ1n) is 10.0. The van der Waals surface area contributed by atoms with Crippen molar-refractivity contribution in [3.8, 4) is 11.5 Å². The number of sulfonamides is 1. The summed E-state index contributed by atoms with van der Waals surface area (Å²) in [6, 6.07) is 28.6. The minimum atomic E-state index is -3.84. The second kappa shape index (κ2) is 9.21. The van der Waals surface area contributed by atoms with Crippen LogP contribution in [0.2, 0.25) is 0 Å². The number of hydrogen-bond donors (Lipinski definition) is 1. The number of anilines is 1. The van der Waals surface area contributed by atoms with Crippen LogP contribution >= 0.6 is 0 Å². The van der Waals surface area contributed by atoms with E-state index in [1.807, 2.05) is 54.6 Å². The van der Waals surface area contributed by atoms with Crippen LogP contribution in [0.5, 0.6) is 11.5 Å². The molecule has 4 rings (SSSR count). The van der Waals surface area contributed by atoms with E-state index in [1.165, 1.54) is 7.05 Å². The minimum absolute atomic E-state index is 0.138. The summed E-state index contributed by atoms with van der Waals surface area (Å²) >= 11 is 0. The maximum atomic E-state index is 13.0. The molecule has 32 heavy (non-hydrogen) atoms. The summed E-state index contributed by atoms with van der Waals surface area (Å²) in [4.78, 5) is 12.8. The van der Waals surface area contributed by atoms with Crippen LogP contribution in [0.3, 0.4) is 0 Å². The van der Waals surface area contributed by atoms with E-state index in [0.29, 0.717) is 17.2 Å². The van der Waals surface area contributed by atoms with Crippen molar-refractivity contribution in [2.75, 3.05) is 18.9 Å². The van der Waals surface area contributed by atoms with Gasteiger partial charge in [-0.1, -0.05) is 60.7 Å². The Labute approximate surface area is 187 Å². The third kappa shape index (κ3) is 4.80. The van der Waals surface area contributed by atoms with E-state index in [2.05, 4.69) is 5.32 Å². The van der Waals surface area contributed by atoms with Crippen molar-refractivity contribution < 1.29 is 17.9 Å². The number of carbonyl (C=O) groups is 1. The van der Waals surface area contributed by atoms with Crippen LogP contribution in [-0.4, -0.2) is 32.2 Å². The van der Waals surface area contributed by atoms with Gasteiger partial charge in [0.15, 0.2) is 5.75 Å². The van der Waals surface area contributed by atoms with E-state index in [-0.39, 0.29) is 11.4 Å². The zero-order valence-corrected chi connectivity index (χ0v) is 18.2. The van der Waals surface area contributed by atoms with Crippen molar-refractivity contribution >= 4 is 32.4 Å². The Hall–Kier alpha value is -3.68. The second-order valence-corrected chi connectivity index (χ2v) is 9.27. The summed E-state index contributed by atoms with van der Waals surface area (Å²) in [5.41, 5.74) is 0.456. The van der Waals surface area contributed by atoms with Crippen molar-refractivity contribution in [2.45, 2.75) is 4.90 Å². The molecule has 0 aliphatic carbocycles. The monoisotopic (exact) mass is 446 g/mol. The highest BCUT2D eigenvalue weighted by Crippen LogP contribution is 2.29. The maximum absolute atomic E-state index is 13.0. The third-order valence-corrected chi connectivity index (χ3v) is 6.73. The predicted octanol–water partition coefficient (Wildman–Crippen LogP) is 4.89. The molecule has 0 aromatic heterocycles. The Morgan fingerprint density at radius 2 is 1.50 bits per heavy atom. The fourth-order valence-electron chi connectivity index (χ4n) is 3.26. The predicted molar refractivity (Wildman–Crippen MR) is 125 cm³/mol. The van der Waals surface area contributed by atoms with Crippen molar-refractivity contribution in [1.29, 1.82) is 0 Å². The fourth-order valence-corrected chi connectivity index (χ4v) is 4.42. The van der Waals surface area contributed by atoms with E-state index in [0.717, 1.165) is 15.1 Å². The average molecular weight is 447 g/mol. The minimum Gasteiger partial charge on any atom is -0.455 e. The Morgan fingerprint density at radius 3 is 2.28 bits per heavy atom. The Bertz CT molecular complexity index is 1350. The van der Waals surface area contributed by atoms with Gasteiger partial charge in [-0.25, -0.2) is 8.42 Å². The number of amides is 1. The summed E-state index contributed by atoms with van der Waals surface area (Å²) in [7, 11) is -2.45. The van der Waals surface area contributed by atoms with Gasteiger partial charge < -0.3 is 10.1 Å². The van der Waals surface area contributed by atoms with Crippen LogP contribution in [0.25, 0.3) is 10.8 Å². The summed E-state index contributed by atoms with van der Waals surface area (Å²) in [6.45, 7) is -0.338. The number of nitrogens with one attached hydrogen (secondary N) is 1. The zero-order valence-electron chi connectivity index (χ0n) is 17.4. The van der Waals surface area contributed by atoms with Gasteiger partial charge >= 0.3 is 0 Å². The molecule has 0 bridgehead atoms. The molecule has 4 aromatic carbocycles. The van der Waals surface area contributed by atoms with E-state index in [4.69, 9.17) is 4.74 Å². The quantitative estimate of drug-likeness (QED) is 0.439. The van der Waals surface area contributed by atoms with Gasteiger partial charge in [-0.15, -0.1) is 0 Å². The maximum Gasteiger partial charge on any atom is 0.243 e. The topological polar surface area (TPSA) is 75.7 Å². The summed E-state index contributed by atoms with van der Waals surface area (Å²) in [6.07, 6.45) is 0. The molecular formula is C25H22N2O4S. The molecule has 1 amide bonds. The van der Waals surface area contributed by atoms with E-state index in [9.17, 15) is 13.2 Å². The van der Waals surface area contributed by atoms with Gasteiger partial charge in [0.05, 0.1) is 17.1 Å². The second-order valence-electron chi connectivity index (χ2n) is 7.23. The molecule has 0 fully saturated rings. The summed E-state index contributed by atoms with van der Waals surface area (Å²) in [5.74, 6) is 0.623. The molecule has 0 spiro atoms. The molecular weight excluding hydrogens is 424 g/mol. The highest BCUT2D eigenvalue weighted by molar-refractivity contribution is 7.89. The molecule has 0 unspecified atom stereocenters. The van der Waals surface area contributed by atoms with Crippen LogP contribution in [0.15, 0.2) is 102 Å². The fraction of sp³-hybridized carbons (Fsp3) is 0.0800. The molecule has 1 N–H and O–H groups in total. The number of ether oxygens (including phenoxy) is 1. The molecule has 0 heterocycles. The van der Waals surface area contributed by atoms with Crippen LogP contribution in [-0.2, 0) is 14.8 Å². The lowest BCUT2D eigenvalue weighted by Gasteiger charge is -2.18. The third-order valence-electron chi connectivity index (χ3n) is 4.93. The Kier molecular flexibility index (Phi) is 6.20. The first-order valence-corrected chi connectivity index (χ1v) is 11.4. The average Bonchev–Trinajstić information content (AvgIpc) is 2.80. The molecule has 7 heteroatoms. The smallest absolute Gasteiger partial charge is 0.243 e. The lowest BCUT2D eigenvalue weighted by atomic mass is 10.1. The number of fused-ring (bicyclic) bond motifs is 1. The standard InChI is InChI=1S/C25H22N2O4S/c1-27(32(29,30)22-16-15-19-9-5-6-10-20(19)17-22)18-25(28)26-23-13-7-8-14-24(23)31-21-11-3-2-4-12-21/h2-17H,18H2,1H3,(H,26,28). The van der Waals surface area contributed by atoms with Gasteiger partial charge in [0.1, 0.15) is 5.75 Å². The Morgan fingerprint density at radius 1 is 0.844 bits per heavy atom. The molecule has 6 nitrogen and oxygen atoms in total. The number of para-hydroxylation sites is 3. The molecule has 162 valence electrons. The molecule has 0 aliphatic rings. The van der Waals surface area contributed by atoms with Gasteiger partial charge in [-0.05, 0) is 47.2 Å². The van der Waals surface area contributed by atoms with Gasteiger partial charge in [-0.2, -0.15) is 4.31 Å².